The van der Waals surface area contributed by atoms with Crippen molar-refractivity contribution in [3.05, 3.63) is 0 Å². The van der Waals surface area contributed by atoms with Crippen molar-refractivity contribution in [2.24, 2.45) is 0 Å². The van der Waals surface area contributed by atoms with Crippen LogP contribution in [0.5, 0.6) is 0 Å². The van der Waals surface area contributed by atoms with Gasteiger partial charge in [-0.2, -0.15) is 0 Å². The Balaban J connectivity index is 0. The first kappa shape index (κ1) is 8.84. The van der Waals surface area contributed by atoms with Crippen LogP contribution in [0.1, 0.15) is 0 Å². The van der Waals surface area contributed by atoms with Gasteiger partial charge in [0.2, 0.25) is 0 Å². The first-order valence-electron chi connectivity index (χ1n) is 0.365. The van der Waals surface area contributed by atoms with Crippen LogP contribution in [-0.2, 0) is 0 Å². The fourth-order valence-electron chi connectivity index (χ4n) is 0. The van der Waals surface area contributed by atoms with Gasteiger partial charge in [-0.25, -0.2) is 0 Å². The first-order chi connectivity index (χ1) is 1.41. The molecule has 0 atom stereocenters. The van der Waals surface area contributed by atoms with E-state index < -0.39 is 0 Å². The zero-order valence-electron chi connectivity index (χ0n) is 1.30. The monoisotopic (exact) mass is 96.0 g/mol. The Morgan fingerprint density at radius 1 is 1.25 bits per heavy atom. The molecule has 4 heavy (non-hydrogen) atoms. The van der Waals surface area contributed by atoms with Crippen LogP contribution in [0, 0.1) is 0 Å². The highest BCUT2D eigenvalue weighted by molar-refractivity contribution is 7.87. The zero-order valence-corrected chi connectivity index (χ0v) is 2.12. The third kappa shape index (κ3) is 14.1. The van der Waals surface area contributed by atoms with Gasteiger partial charge in [0.15, 0.2) is 29.7 Å². The van der Waals surface area contributed by atoms with Crippen LogP contribution in [0.15, 0.2) is 0 Å². The number of hydrogen-bond acceptors (Lipinski definition) is 3. The van der Waals surface area contributed by atoms with Crippen molar-refractivity contribution in [2.75, 3.05) is 0 Å². The third-order valence-corrected chi connectivity index (χ3v) is 0. The SMILES string of the molecule is OSO.[AlH3]. The van der Waals surface area contributed by atoms with E-state index in [2.05, 4.69) is 0 Å². The van der Waals surface area contributed by atoms with E-state index >= 15 is 0 Å². The lowest BCUT2D eigenvalue weighted by molar-refractivity contribution is 0.541. The molecule has 0 amide bonds. The molecule has 0 rings (SSSR count). The topological polar surface area (TPSA) is 40.5 Å². The molecule has 0 spiro atoms. The maximum Gasteiger partial charge on any atom is 0.187 e. The molecule has 0 radical (unpaired) electrons. The summed E-state index contributed by atoms with van der Waals surface area (Å²) in [5.74, 6) is 0. The van der Waals surface area contributed by atoms with Crippen LogP contribution in [0.3, 0.4) is 0 Å². The molecule has 26 valence electrons. The zero-order chi connectivity index (χ0) is 2.71. The molecule has 4 heteroatoms. The maximum absolute atomic E-state index is 7.04. The molecule has 0 fully saturated rings. The Hall–Kier alpha value is 0.802. The highest BCUT2D eigenvalue weighted by atomic mass is 32.2. The molecule has 2 N–H and O–H groups in total. The lowest BCUT2D eigenvalue weighted by Crippen LogP contribution is -1.31. The standard InChI is InChI=1S/Al.H2O2S.3H/c;1-3-2;;;/h;1-2H;;;. The van der Waals surface area contributed by atoms with E-state index in [1.54, 1.807) is 0 Å². The Kier molecular flexibility index (Phi) is 20.3. The van der Waals surface area contributed by atoms with E-state index in [1.165, 1.54) is 0 Å². The average Bonchev–Trinajstić information content (AvgIpc) is 0.918. The maximum atomic E-state index is 7.04. The molecule has 0 aliphatic rings. The summed E-state index contributed by atoms with van der Waals surface area (Å²) in [6.07, 6.45) is 0. The fourth-order valence-corrected chi connectivity index (χ4v) is 0. The number of hydrogen-bond donors (Lipinski definition) is 2. The second-order valence-electron chi connectivity index (χ2n) is 0.0816. The highest BCUT2D eigenvalue weighted by Gasteiger charge is 1.36. The molecule has 0 saturated heterocycles. The van der Waals surface area contributed by atoms with Crippen molar-refractivity contribution in [3.63, 3.8) is 0 Å². The molecule has 0 aromatic carbocycles. The summed E-state index contributed by atoms with van der Waals surface area (Å²) in [6, 6.07) is 0. The van der Waals surface area contributed by atoms with Crippen LogP contribution >= 0.6 is 12.3 Å². The quantitative estimate of drug-likeness (QED) is 0.315. The van der Waals surface area contributed by atoms with E-state index in [0.29, 0.717) is 0 Å². The summed E-state index contributed by atoms with van der Waals surface area (Å²) in [7, 11) is 0. The predicted octanol–water partition coefficient (Wildman–Crippen LogP) is -0.518. The lowest BCUT2D eigenvalue weighted by Gasteiger charge is -1.51. The summed E-state index contributed by atoms with van der Waals surface area (Å²) in [4.78, 5) is 0. The lowest BCUT2D eigenvalue weighted by atomic mass is 15.9. The molecule has 0 aliphatic carbocycles. The van der Waals surface area contributed by atoms with Crippen LogP contribution in [0.25, 0.3) is 0 Å². The van der Waals surface area contributed by atoms with E-state index in [0.717, 1.165) is 0 Å². The van der Waals surface area contributed by atoms with Gasteiger partial charge >= 0.3 is 0 Å². The van der Waals surface area contributed by atoms with Gasteiger partial charge in [0.05, 0.1) is 0 Å². The second-order valence-corrected chi connectivity index (χ2v) is 0.245. The normalized spacial score (nSPS) is 4.50. The first-order valence-corrected chi connectivity index (χ1v) is 1.10. The average molecular weight is 96.1 g/mol. The summed E-state index contributed by atoms with van der Waals surface area (Å²) in [5.41, 5.74) is 0. The molecule has 0 aliphatic heterocycles. The fraction of sp³-hybridized carbons (Fsp3) is 0. The van der Waals surface area contributed by atoms with Crippen molar-refractivity contribution in [2.45, 2.75) is 0 Å². The molecular formula is H5AlO2S. The largest absolute Gasteiger partial charge is 0.307 e. The minimum Gasteiger partial charge on any atom is -0.307 e. The van der Waals surface area contributed by atoms with Gasteiger partial charge < -0.3 is 9.11 Å². The summed E-state index contributed by atoms with van der Waals surface area (Å²) >= 11 is -0.250. The molecule has 0 unspecified atom stereocenters. The minimum absolute atomic E-state index is 0. The van der Waals surface area contributed by atoms with Crippen LogP contribution in [-0.4, -0.2) is 26.5 Å². The molecule has 0 aromatic heterocycles. The van der Waals surface area contributed by atoms with Gasteiger partial charge in [0.1, 0.15) is 0 Å². The van der Waals surface area contributed by atoms with Gasteiger partial charge in [0.25, 0.3) is 0 Å². The Morgan fingerprint density at radius 2 is 1.25 bits per heavy atom. The van der Waals surface area contributed by atoms with Crippen molar-refractivity contribution in [1.82, 2.24) is 0 Å². The summed E-state index contributed by atoms with van der Waals surface area (Å²) < 4.78 is 14.1. The van der Waals surface area contributed by atoms with Gasteiger partial charge in [-0.15, -0.1) is 0 Å². The third-order valence-electron chi connectivity index (χ3n) is 0. The van der Waals surface area contributed by atoms with Crippen molar-refractivity contribution >= 4 is 29.7 Å². The van der Waals surface area contributed by atoms with E-state index in [1.807, 2.05) is 0 Å². The summed E-state index contributed by atoms with van der Waals surface area (Å²) in [5, 5.41) is 0. The van der Waals surface area contributed by atoms with Crippen LogP contribution < -0.4 is 0 Å². The predicted molar refractivity (Wildman–Crippen MR) is 22.8 cm³/mol. The van der Waals surface area contributed by atoms with E-state index in [4.69, 9.17) is 9.11 Å². The van der Waals surface area contributed by atoms with Crippen LogP contribution in [0.2, 0.25) is 0 Å². The Morgan fingerprint density at radius 3 is 1.25 bits per heavy atom. The molecule has 0 saturated carbocycles. The van der Waals surface area contributed by atoms with Crippen molar-refractivity contribution in [3.8, 4) is 0 Å². The Labute approximate surface area is 39.4 Å². The van der Waals surface area contributed by atoms with E-state index in [9.17, 15) is 0 Å². The van der Waals surface area contributed by atoms with Gasteiger partial charge in [-0.3, -0.25) is 0 Å². The molecule has 0 heterocycles. The van der Waals surface area contributed by atoms with Crippen LogP contribution in [0.4, 0.5) is 0 Å². The number of rotatable bonds is 0. The molecule has 0 aromatic rings. The second kappa shape index (κ2) is 9.19. The van der Waals surface area contributed by atoms with E-state index in [-0.39, 0.29) is 29.7 Å². The molecular weight excluding hydrogens is 91.0 g/mol. The van der Waals surface area contributed by atoms with Gasteiger partial charge in [0, 0.05) is 0 Å². The highest BCUT2D eigenvalue weighted by Crippen LogP contribution is 1.67. The van der Waals surface area contributed by atoms with Crippen molar-refractivity contribution < 1.29 is 9.11 Å². The minimum atomic E-state index is -0.250. The summed E-state index contributed by atoms with van der Waals surface area (Å²) in [6.45, 7) is 0. The molecule has 2 nitrogen and oxygen atoms in total. The van der Waals surface area contributed by atoms with Crippen molar-refractivity contribution in [1.29, 1.82) is 0 Å². The smallest absolute Gasteiger partial charge is 0.187 e. The Bertz CT molecular complexity index is 6.00. The molecule has 0 bridgehead atoms. The van der Waals surface area contributed by atoms with Gasteiger partial charge in [-0.1, -0.05) is 0 Å². The van der Waals surface area contributed by atoms with Gasteiger partial charge in [-0.05, 0) is 0 Å².